The maximum atomic E-state index is 12.4. The Kier molecular flexibility index (Phi) is 4.50. The van der Waals surface area contributed by atoms with Gasteiger partial charge in [-0.25, -0.2) is 0 Å². The van der Waals surface area contributed by atoms with Gasteiger partial charge >= 0.3 is 0 Å². The van der Waals surface area contributed by atoms with Crippen molar-refractivity contribution in [1.82, 2.24) is 4.90 Å². The van der Waals surface area contributed by atoms with E-state index in [2.05, 4.69) is 0 Å². The fourth-order valence-corrected chi connectivity index (χ4v) is 3.56. The van der Waals surface area contributed by atoms with Gasteiger partial charge in [0, 0.05) is 16.3 Å². The summed E-state index contributed by atoms with van der Waals surface area (Å²) in [7, 11) is 0. The lowest BCUT2D eigenvalue weighted by molar-refractivity contribution is -0.138. The number of hydrogen-bond acceptors (Lipinski definition) is 3. The van der Waals surface area contributed by atoms with Crippen LogP contribution in [0.2, 0.25) is 5.02 Å². The molecule has 0 radical (unpaired) electrons. The lowest BCUT2D eigenvalue weighted by Crippen LogP contribution is -2.30. The largest absolute Gasteiger partial charge is 0.277 e. The summed E-state index contributed by atoms with van der Waals surface area (Å²) >= 11 is 7.27. The molecular formula is C17H14ClNO2S. The van der Waals surface area contributed by atoms with E-state index in [-0.39, 0.29) is 23.5 Å². The van der Waals surface area contributed by atoms with Gasteiger partial charge in [0.15, 0.2) is 0 Å². The average molecular weight is 332 g/mol. The Hall–Kier alpha value is -1.78. The number of likely N-dealkylation sites (tertiary alicyclic amines) is 1. The molecule has 0 aliphatic carbocycles. The number of thioether (sulfide) groups is 1. The Morgan fingerprint density at radius 1 is 1.05 bits per heavy atom. The summed E-state index contributed by atoms with van der Waals surface area (Å²) in [6.45, 7) is 0.343. The highest BCUT2D eigenvalue weighted by atomic mass is 35.5. The molecule has 1 aliphatic heterocycles. The van der Waals surface area contributed by atoms with Gasteiger partial charge in [0.1, 0.15) is 0 Å². The van der Waals surface area contributed by atoms with Crippen molar-refractivity contribution in [2.75, 3.05) is 0 Å². The van der Waals surface area contributed by atoms with Gasteiger partial charge in [0.05, 0.1) is 11.8 Å². The molecular weight excluding hydrogens is 318 g/mol. The topological polar surface area (TPSA) is 37.4 Å². The normalized spacial score (nSPS) is 18.0. The molecule has 1 heterocycles. The standard InChI is InChI=1S/C17H14ClNO2S/c18-13-6-8-14(9-7-13)22-15-10-16(20)19(17(15)21)11-12-4-2-1-3-5-12/h1-9,15H,10-11H2. The van der Waals surface area contributed by atoms with Gasteiger partial charge in [-0.05, 0) is 29.8 Å². The lowest BCUT2D eigenvalue weighted by atomic mass is 10.2. The Morgan fingerprint density at radius 2 is 1.73 bits per heavy atom. The first kappa shape index (κ1) is 15.1. The maximum Gasteiger partial charge on any atom is 0.243 e. The van der Waals surface area contributed by atoms with E-state index in [1.54, 1.807) is 12.1 Å². The second-order valence-electron chi connectivity index (χ2n) is 5.07. The molecule has 1 unspecified atom stereocenters. The predicted molar refractivity (Wildman–Crippen MR) is 87.7 cm³/mol. The van der Waals surface area contributed by atoms with Crippen LogP contribution in [0, 0.1) is 0 Å². The van der Waals surface area contributed by atoms with Crippen LogP contribution in [0.4, 0.5) is 0 Å². The summed E-state index contributed by atoms with van der Waals surface area (Å²) in [4.78, 5) is 26.9. The highest BCUT2D eigenvalue weighted by Gasteiger charge is 2.38. The van der Waals surface area contributed by atoms with E-state index in [9.17, 15) is 9.59 Å². The highest BCUT2D eigenvalue weighted by Crippen LogP contribution is 2.32. The Balaban J connectivity index is 1.70. The van der Waals surface area contributed by atoms with Gasteiger partial charge in [0.25, 0.3) is 0 Å². The van der Waals surface area contributed by atoms with Crippen molar-refractivity contribution in [2.24, 2.45) is 0 Å². The molecule has 1 aliphatic rings. The first-order chi connectivity index (χ1) is 10.6. The maximum absolute atomic E-state index is 12.4. The minimum absolute atomic E-state index is 0.111. The number of carbonyl (C=O) groups is 2. The number of hydrogen-bond donors (Lipinski definition) is 0. The smallest absolute Gasteiger partial charge is 0.243 e. The molecule has 1 atom stereocenters. The van der Waals surface area contributed by atoms with Crippen molar-refractivity contribution in [3.63, 3.8) is 0 Å². The summed E-state index contributed by atoms with van der Waals surface area (Å²) in [6, 6.07) is 16.9. The number of amides is 2. The number of rotatable bonds is 4. The van der Waals surface area contributed by atoms with Crippen LogP contribution in [-0.4, -0.2) is 22.0 Å². The SMILES string of the molecule is O=C1CC(Sc2ccc(Cl)cc2)C(=O)N1Cc1ccccc1. The minimum atomic E-state index is -0.350. The van der Waals surface area contributed by atoms with Crippen LogP contribution in [0.3, 0.4) is 0 Å². The van der Waals surface area contributed by atoms with Crippen molar-refractivity contribution < 1.29 is 9.59 Å². The number of carbonyl (C=O) groups excluding carboxylic acids is 2. The molecule has 0 N–H and O–H groups in total. The average Bonchev–Trinajstić information content (AvgIpc) is 2.78. The summed E-state index contributed by atoms with van der Waals surface area (Å²) in [5.74, 6) is -0.228. The Morgan fingerprint density at radius 3 is 2.41 bits per heavy atom. The third-order valence-electron chi connectivity index (χ3n) is 3.48. The van der Waals surface area contributed by atoms with Crippen LogP contribution in [0.1, 0.15) is 12.0 Å². The molecule has 2 aromatic carbocycles. The molecule has 1 saturated heterocycles. The molecule has 2 amide bonds. The van der Waals surface area contributed by atoms with Crippen LogP contribution in [0.25, 0.3) is 0 Å². The van der Waals surface area contributed by atoms with Crippen molar-refractivity contribution in [2.45, 2.75) is 23.1 Å². The van der Waals surface area contributed by atoms with Crippen molar-refractivity contribution in [3.05, 3.63) is 65.2 Å². The van der Waals surface area contributed by atoms with Crippen LogP contribution < -0.4 is 0 Å². The summed E-state index contributed by atoms with van der Waals surface area (Å²) < 4.78 is 0. The summed E-state index contributed by atoms with van der Waals surface area (Å²) in [5.41, 5.74) is 0.960. The van der Waals surface area contributed by atoms with E-state index in [4.69, 9.17) is 11.6 Å². The van der Waals surface area contributed by atoms with Crippen LogP contribution in [0.5, 0.6) is 0 Å². The van der Waals surface area contributed by atoms with E-state index in [0.29, 0.717) is 11.6 Å². The molecule has 1 fully saturated rings. The number of nitrogens with zero attached hydrogens (tertiary/aromatic N) is 1. The quantitative estimate of drug-likeness (QED) is 0.800. The van der Waals surface area contributed by atoms with Gasteiger partial charge in [0.2, 0.25) is 11.8 Å². The van der Waals surface area contributed by atoms with Gasteiger partial charge in [-0.15, -0.1) is 11.8 Å². The lowest BCUT2D eigenvalue weighted by Gasteiger charge is -2.14. The fraction of sp³-hybridized carbons (Fsp3) is 0.176. The molecule has 22 heavy (non-hydrogen) atoms. The van der Waals surface area contributed by atoms with E-state index in [1.807, 2.05) is 42.5 Å². The molecule has 0 aromatic heterocycles. The predicted octanol–water partition coefficient (Wildman–Crippen LogP) is 3.76. The molecule has 0 bridgehead atoms. The highest BCUT2D eigenvalue weighted by molar-refractivity contribution is 8.00. The molecule has 3 rings (SSSR count). The number of imide groups is 1. The summed E-state index contributed by atoms with van der Waals surface area (Å²) in [6.07, 6.45) is 0.249. The minimum Gasteiger partial charge on any atom is -0.277 e. The van der Waals surface area contributed by atoms with Gasteiger partial charge in [-0.3, -0.25) is 14.5 Å². The van der Waals surface area contributed by atoms with Crippen LogP contribution >= 0.6 is 23.4 Å². The number of benzene rings is 2. The second kappa shape index (κ2) is 6.55. The molecule has 3 nitrogen and oxygen atoms in total. The van der Waals surface area contributed by atoms with E-state index in [1.165, 1.54) is 16.7 Å². The zero-order chi connectivity index (χ0) is 15.5. The molecule has 2 aromatic rings. The van der Waals surface area contributed by atoms with E-state index in [0.717, 1.165) is 10.5 Å². The Labute approximate surface area is 138 Å². The second-order valence-corrected chi connectivity index (χ2v) is 6.78. The molecule has 5 heteroatoms. The first-order valence-electron chi connectivity index (χ1n) is 6.94. The van der Waals surface area contributed by atoms with Crippen molar-refractivity contribution in [1.29, 1.82) is 0 Å². The zero-order valence-electron chi connectivity index (χ0n) is 11.7. The van der Waals surface area contributed by atoms with Crippen molar-refractivity contribution in [3.8, 4) is 0 Å². The molecule has 112 valence electrons. The third kappa shape index (κ3) is 3.34. The third-order valence-corrected chi connectivity index (χ3v) is 4.93. The number of halogens is 1. The van der Waals surface area contributed by atoms with Crippen LogP contribution in [0.15, 0.2) is 59.5 Å². The zero-order valence-corrected chi connectivity index (χ0v) is 13.3. The first-order valence-corrected chi connectivity index (χ1v) is 8.19. The summed E-state index contributed by atoms with van der Waals surface area (Å²) in [5, 5.41) is 0.307. The van der Waals surface area contributed by atoms with E-state index >= 15 is 0 Å². The van der Waals surface area contributed by atoms with Crippen LogP contribution in [-0.2, 0) is 16.1 Å². The van der Waals surface area contributed by atoms with Crippen molar-refractivity contribution >= 4 is 35.2 Å². The molecule has 0 spiro atoms. The Bertz CT molecular complexity index is 688. The monoisotopic (exact) mass is 331 g/mol. The van der Waals surface area contributed by atoms with Gasteiger partial charge in [-0.2, -0.15) is 0 Å². The fourth-order valence-electron chi connectivity index (χ4n) is 2.35. The molecule has 0 saturated carbocycles. The van der Waals surface area contributed by atoms with E-state index < -0.39 is 0 Å². The van der Waals surface area contributed by atoms with Gasteiger partial charge < -0.3 is 0 Å². The van der Waals surface area contributed by atoms with Gasteiger partial charge in [-0.1, -0.05) is 41.9 Å².